The molecule has 5 nitrogen and oxygen atoms in total. The van der Waals surface area contributed by atoms with Gasteiger partial charge in [-0.05, 0) is 37.1 Å². The molecule has 3 rings (SSSR count). The average molecular weight is 446 g/mol. The molecule has 3 heterocycles. The fraction of sp³-hybridized carbons (Fsp3) is 0.421. The second kappa shape index (κ2) is 9.13. The first-order chi connectivity index (χ1) is 13.7. The van der Waals surface area contributed by atoms with Gasteiger partial charge in [-0.15, -0.1) is 11.3 Å². The Balaban J connectivity index is 1.42. The van der Waals surface area contributed by atoms with E-state index in [-0.39, 0.29) is 30.6 Å². The van der Waals surface area contributed by atoms with Crippen LogP contribution in [0.1, 0.15) is 40.9 Å². The number of nitrogens with zero attached hydrogens (tertiary/aromatic N) is 2. The van der Waals surface area contributed by atoms with E-state index < -0.39 is 11.7 Å². The van der Waals surface area contributed by atoms with Gasteiger partial charge in [0.1, 0.15) is 5.82 Å². The maximum Gasteiger partial charge on any atom is 0.417 e. The number of hydrogen-bond acceptors (Lipinski definition) is 5. The molecule has 2 aromatic rings. The molecule has 29 heavy (non-hydrogen) atoms. The van der Waals surface area contributed by atoms with Crippen LogP contribution in [0.5, 0.6) is 0 Å². The maximum absolute atomic E-state index is 12.6. The lowest BCUT2D eigenvalue weighted by atomic mass is 10.0. The number of hydrogen-bond donors (Lipinski definition) is 1. The molecule has 0 radical (unpaired) electrons. The highest BCUT2D eigenvalue weighted by atomic mass is 35.5. The van der Waals surface area contributed by atoms with Crippen molar-refractivity contribution in [1.29, 1.82) is 0 Å². The Labute approximate surface area is 174 Å². The van der Waals surface area contributed by atoms with Gasteiger partial charge < -0.3 is 10.2 Å². The number of anilines is 1. The number of Topliss-reactive ketones (excluding diaryl/α,β-unsaturated/α-hetero) is 1. The van der Waals surface area contributed by atoms with Gasteiger partial charge in [-0.25, -0.2) is 4.98 Å². The zero-order valence-corrected chi connectivity index (χ0v) is 16.9. The zero-order chi connectivity index (χ0) is 21.0. The highest BCUT2D eigenvalue weighted by Gasteiger charge is 2.31. The van der Waals surface area contributed by atoms with Crippen LogP contribution in [0.15, 0.2) is 30.5 Å². The molecule has 1 N–H and O–H groups in total. The number of halogens is 4. The maximum atomic E-state index is 12.6. The molecule has 2 aromatic heterocycles. The third-order valence-electron chi connectivity index (χ3n) is 4.69. The number of alkyl halides is 3. The summed E-state index contributed by atoms with van der Waals surface area (Å²) in [6.45, 7) is 1.16. The molecule has 1 fully saturated rings. The fourth-order valence-corrected chi connectivity index (χ4v) is 4.12. The van der Waals surface area contributed by atoms with Crippen LogP contribution in [0.3, 0.4) is 0 Å². The monoisotopic (exact) mass is 445 g/mol. The Morgan fingerprint density at radius 2 is 1.90 bits per heavy atom. The van der Waals surface area contributed by atoms with Crippen LogP contribution in [-0.4, -0.2) is 35.8 Å². The first kappa shape index (κ1) is 21.6. The highest BCUT2D eigenvalue weighted by molar-refractivity contribution is 7.18. The second-order valence-electron chi connectivity index (χ2n) is 6.76. The smallest absolute Gasteiger partial charge is 0.356 e. The topological polar surface area (TPSA) is 62.3 Å². The normalized spacial score (nSPS) is 15.4. The van der Waals surface area contributed by atoms with Gasteiger partial charge in [0.2, 0.25) is 5.91 Å². The second-order valence-corrected chi connectivity index (χ2v) is 8.47. The summed E-state index contributed by atoms with van der Waals surface area (Å²) in [7, 11) is 0. The predicted octanol–water partition coefficient (Wildman–Crippen LogP) is 4.56. The lowest BCUT2D eigenvalue weighted by molar-refractivity contribution is -0.137. The molecule has 0 aliphatic carbocycles. The number of amides is 1. The van der Waals surface area contributed by atoms with E-state index in [0.717, 1.165) is 12.3 Å². The summed E-state index contributed by atoms with van der Waals surface area (Å²) < 4.78 is 38.4. The molecule has 0 atom stereocenters. The van der Waals surface area contributed by atoms with E-state index in [1.165, 1.54) is 17.4 Å². The van der Waals surface area contributed by atoms with Crippen molar-refractivity contribution in [2.75, 3.05) is 18.0 Å². The molecule has 0 spiro atoms. The molecule has 1 amide bonds. The lowest BCUT2D eigenvalue weighted by Crippen LogP contribution is -2.45. The molecule has 0 bridgehead atoms. The molecule has 0 aromatic carbocycles. The molecular weight excluding hydrogens is 427 g/mol. The third-order valence-corrected chi connectivity index (χ3v) is 5.96. The summed E-state index contributed by atoms with van der Waals surface area (Å²) in [5.74, 6) is 0.190. The van der Waals surface area contributed by atoms with Gasteiger partial charge in [-0.3, -0.25) is 9.59 Å². The number of carbonyl (C=O) groups is 2. The average Bonchev–Trinajstić information content (AvgIpc) is 3.13. The van der Waals surface area contributed by atoms with Gasteiger partial charge in [-0.1, -0.05) is 11.6 Å². The number of thiophene rings is 1. The van der Waals surface area contributed by atoms with E-state index in [1.807, 2.05) is 4.90 Å². The van der Waals surface area contributed by atoms with Crippen LogP contribution in [0.25, 0.3) is 0 Å². The van der Waals surface area contributed by atoms with Crippen LogP contribution in [-0.2, 0) is 11.0 Å². The van der Waals surface area contributed by atoms with Crippen molar-refractivity contribution in [1.82, 2.24) is 10.3 Å². The molecular formula is C19H19ClF3N3O2S. The van der Waals surface area contributed by atoms with Gasteiger partial charge in [-0.2, -0.15) is 13.2 Å². The van der Waals surface area contributed by atoms with E-state index in [9.17, 15) is 22.8 Å². The standard InChI is InChI=1S/C19H19ClF3N3O2S/c20-16-4-3-15(29-16)14(27)2-6-18(28)25-13-7-9-26(10-8-13)17-5-1-12(11-24-17)19(21,22)23/h1,3-5,11,13H,2,6-10H2,(H,25,28). The predicted molar refractivity (Wildman–Crippen MR) is 106 cm³/mol. The van der Waals surface area contributed by atoms with Gasteiger partial charge in [0.15, 0.2) is 5.78 Å². The summed E-state index contributed by atoms with van der Waals surface area (Å²) in [6, 6.07) is 5.66. The first-order valence-corrected chi connectivity index (χ1v) is 10.3. The number of aromatic nitrogens is 1. The first-order valence-electron chi connectivity index (χ1n) is 9.08. The van der Waals surface area contributed by atoms with Crippen molar-refractivity contribution in [3.05, 3.63) is 45.2 Å². The number of carbonyl (C=O) groups excluding carboxylic acids is 2. The Morgan fingerprint density at radius 3 is 2.45 bits per heavy atom. The summed E-state index contributed by atoms with van der Waals surface area (Å²) in [5.41, 5.74) is -0.775. The molecule has 0 saturated carbocycles. The van der Waals surface area contributed by atoms with Crippen molar-refractivity contribution in [3.63, 3.8) is 0 Å². The highest BCUT2D eigenvalue weighted by Crippen LogP contribution is 2.30. The molecule has 1 aliphatic heterocycles. The van der Waals surface area contributed by atoms with E-state index in [4.69, 9.17) is 11.6 Å². The Hall–Kier alpha value is -2.13. The van der Waals surface area contributed by atoms with Crippen LogP contribution in [0.4, 0.5) is 19.0 Å². The number of rotatable bonds is 6. The lowest BCUT2D eigenvalue weighted by Gasteiger charge is -2.33. The molecule has 10 heteroatoms. The Bertz CT molecular complexity index is 862. The summed E-state index contributed by atoms with van der Waals surface area (Å²) >= 11 is 7.00. The molecule has 1 saturated heterocycles. The minimum absolute atomic E-state index is 0.0283. The zero-order valence-electron chi connectivity index (χ0n) is 15.3. The minimum Gasteiger partial charge on any atom is -0.356 e. The van der Waals surface area contributed by atoms with Gasteiger partial charge in [0.05, 0.1) is 14.8 Å². The van der Waals surface area contributed by atoms with Crippen molar-refractivity contribution >= 4 is 40.4 Å². The van der Waals surface area contributed by atoms with E-state index in [1.54, 1.807) is 12.1 Å². The van der Waals surface area contributed by atoms with Gasteiger partial charge in [0.25, 0.3) is 0 Å². The largest absolute Gasteiger partial charge is 0.417 e. The minimum atomic E-state index is -4.40. The molecule has 156 valence electrons. The number of pyridine rings is 1. The van der Waals surface area contributed by atoms with Crippen LogP contribution >= 0.6 is 22.9 Å². The third kappa shape index (κ3) is 5.93. The van der Waals surface area contributed by atoms with Crippen LogP contribution < -0.4 is 10.2 Å². The number of nitrogens with one attached hydrogen (secondary N) is 1. The number of ketones is 1. The Morgan fingerprint density at radius 1 is 1.17 bits per heavy atom. The van der Waals surface area contributed by atoms with Gasteiger partial charge in [0, 0.05) is 38.2 Å². The SMILES string of the molecule is O=C(CCC(=O)c1ccc(Cl)s1)NC1CCN(c2ccc(C(F)(F)F)cn2)CC1. The van der Waals surface area contributed by atoms with E-state index in [0.29, 0.717) is 41.0 Å². The van der Waals surface area contributed by atoms with E-state index in [2.05, 4.69) is 10.3 Å². The summed E-state index contributed by atoms with van der Waals surface area (Å²) in [4.78, 5) is 30.5. The van der Waals surface area contributed by atoms with Gasteiger partial charge >= 0.3 is 6.18 Å². The summed E-state index contributed by atoms with van der Waals surface area (Å²) in [6.07, 6.45) is -2.03. The van der Waals surface area contributed by atoms with Crippen molar-refractivity contribution < 1.29 is 22.8 Å². The van der Waals surface area contributed by atoms with E-state index >= 15 is 0 Å². The Kier molecular flexibility index (Phi) is 6.79. The van der Waals surface area contributed by atoms with Crippen molar-refractivity contribution in [2.45, 2.75) is 37.9 Å². The van der Waals surface area contributed by atoms with Crippen molar-refractivity contribution in [2.24, 2.45) is 0 Å². The number of piperidine rings is 1. The van der Waals surface area contributed by atoms with Crippen LogP contribution in [0.2, 0.25) is 4.34 Å². The van der Waals surface area contributed by atoms with Crippen LogP contribution in [0, 0.1) is 0 Å². The quantitative estimate of drug-likeness (QED) is 0.662. The fourth-order valence-electron chi connectivity index (χ4n) is 3.11. The van der Waals surface area contributed by atoms with Crippen molar-refractivity contribution in [3.8, 4) is 0 Å². The molecule has 1 aliphatic rings. The summed E-state index contributed by atoms with van der Waals surface area (Å²) in [5, 5.41) is 2.92. The molecule has 0 unspecified atom stereocenters.